The van der Waals surface area contributed by atoms with Crippen LogP contribution in [-0.2, 0) is 6.42 Å². The van der Waals surface area contributed by atoms with Gasteiger partial charge in [0, 0.05) is 18.0 Å². The smallest absolute Gasteiger partial charge is 0.108 e. The van der Waals surface area contributed by atoms with E-state index in [2.05, 4.69) is 32.2 Å². The van der Waals surface area contributed by atoms with Crippen molar-refractivity contribution in [3.8, 4) is 0 Å². The molecule has 0 radical (unpaired) electrons. The van der Waals surface area contributed by atoms with E-state index in [0.717, 1.165) is 24.8 Å². The molecule has 1 heterocycles. The van der Waals surface area contributed by atoms with Crippen LogP contribution in [0.25, 0.3) is 0 Å². The largest absolute Gasteiger partial charge is 0.469 e. The van der Waals surface area contributed by atoms with Crippen LogP contribution in [0.5, 0.6) is 0 Å². The van der Waals surface area contributed by atoms with Gasteiger partial charge in [0.15, 0.2) is 0 Å². The highest BCUT2D eigenvalue weighted by Crippen LogP contribution is 2.39. The number of nitrogens with one attached hydrogen (secondary N) is 1. The van der Waals surface area contributed by atoms with E-state index in [1.807, 2.05) is 6.26 Å². The highest BCUT2D eigenvalue weighted by Gasteiger charge is 2.30. The second-order valence-corrected chi connectivity index (χ2v) is 6.29. The normalized spacial score (nSPS) is 24.8. The molecule has 0 amide bonds. The summed E-state index contributed by atoms with van der Waals surface area (Å²) >= 11 is 0. The van der Waals surface area contributed by atoms with Crippen LogP contribution in [0.3, 0.4) is 0 Å². The van der Waals surface area contributed by atoms with Crippen molar-refractivity contribution in [1.82, 2.24) is 5.32 Å². The topological polar surface area (TPSA) is 25.2 Å². The lowest BCUT2D eigenvalue weighted by atomic mass is 9.75. The van der Waals surface area contributed by atoms with Crippen molar-refractivity contribution >= 4 is 0 Å². The Labute approximate surface area is 124 Å². The molecule has 2 rings (SSSR count). The van der Waals surface area contributed by atoms with Crippen LogP contribution in [0, 0.1) is 11.8 Å². The molecule has 20 heavy (non-hydrogen) atoms. The van der Waals surface area contributed by atoms with Crippen LogP contribution in [0.1, 0.15) is 76.7 Å². The molecule has 1 aromatic heterocycles. The van der Waals surface area contributed by atoms with E-state index in [1.165, 1.54) is 49.8 Å². The quantitative estimate of drug-likeness (QED) is 0.750. The fourth-order valence-corrected chi connectivity index (χ4v) is 3.75. The summed E-state index contributed by atoms with van der Waals surface area (Å²) in [4.78, 5) is 0. The van der Waals surface area contributed by atoms with Crippen molar-refractivity contribution < 1.29 is 4.42 Å². The minimum absolute atomic E-state index is 0.498. The molecule has 1 saturated carbocycles. The molecule has 1 aromatic rings. The van der Waals surface area contributed by atoms with Gasteiger partial charge in [-0.05, 0) is 43.7 Å². The predicted molar refractivity (Wildman–Crippen MR) is 84.9 cm³/mol. The standard InChI is InChI=1S/C18H31NO/c1-4-11-19-18(16-10-12-20-17(16)6-3)15-9-7-8-14(5-2)13-15/h10,12,14-15,18-19H,4-9,11,13H2,1-3H3. The summed E-state index contributed by atoms with van der Waals surface area (Å²) in [5.74, 6) is 2.89. The average Bonchev–Trinajstić information content (AvgIpc) is 2.96. The van der Waals surface area contributed by atoms with Crippen LogP contribution in [0.4, 0.5) is 0 Å². The Balaban J connectivity index is 2.14. The molecule has 1 N–H and O–H groups in total. The number of aryl methyl sites for hydroxylation is 1. The summed E-state index contributed by atoms with van der Waals surface area (Å²) in [5, 5.41) is 3.80. The van der Waals surface area contributed by atoms with Crippen LogP contribution >= 0.6 is 0 Å². The Morgan fingerprint density at radius 2 is 2.15 bits per heavy atom. The first kappa shape index (κ1) is 15.6. The summed E-state index contributed by atoms with van der Waals surface area (Å²) in [6, 6.07) is 2.69. The van der Waals surface area contributed by atoms with E-state index in [-0.39, 0.29) is 0 Å². The third kappa shape index (κ3) is 3.66. The average molecular weight is 277 g/mol. The van der Waals surface area contributed by atoms with Crippen molar-refractivity contribution in [1.29, 1.82) is 0 Å². The van der Waals surface area contributed by atoms with E-state index in [1.54, 1.807) is 0 Å². The van der Waals surface area contributed by atoms with Gasteiger partial charge in [0.2, 0.25) is 0 Å². The third-order valence-electron chi connectivity index (χ3n) is 4.92. The van der Waals surface area contributed by atoms with E-state index >= 15 is 0 Å². The fourth-order valence-electron chi connectivity index (χ4n) is 3.75. The first-order valence-corrected chi connectivity index (χ1v) is 8.59. The summed E-state index contributed by atoms with van der Waals surface area (Å²) in [6.45, 7) is 7.88. The molecule has 0 spiro atoms. The number of furan rings is 1. The third-order valence-corrected chi connectivity index (χ3v) is 4.92. The van der Waals surface area contributed by atoms with Gasteiger partial charge in [0.05, 0.1) is 6.26 Å². The highest BCUT2D eigenvalue weighted by molar-refractivity contribution is 5.22. The van der Waals surface area contributed by atoms with Crippen LogP contribution in [0.2, 0.25) is 0 Å². The Kier molecular flexibility index (Phi) is 6.15. The van der Waals surface area contributed by atoms with Gasteiger partial charge in [-0.15, -0.1) is 0 Å². The van der Waals surface area contributed by atoms with Gasteiger partial charge in [-0.1, -0.05) is 40.0 Å². The van der Waals surface area contributed by atoms with E-state index in [4.69, 9.17) is 4.42 Å². The minimum Gasteiger partial charge on any atom is -0.469 e. The lowest BCUT2D eigenvalue weighted by Crippen LogP contribution is -2.32. The highest BCUT2D eigenvalue weighted by atomic mass is 16.3. The van der Waals surface area contributed by atoms with E-state index in [9.17, 15) is 0 Å². The molecule has 114 valence electrons. The minimum atomic E-state index is 0.498. The van der Waals surface area contributed by atoms with Gasteiger partial charge in [-0.25, -0.2) is 0 Å². The molecule has 0 bridgehead atoms. The molecular weight excluding hydrogens is 246 g/mol. The van der Waals surface area contributed by atoms with Gasteiger partial charge >= 0.3 is 0 Å². The Bertz CT molecular complexity index is 385. The number of rotatable bonds is 7. The molecule has 0 aliphatic heterocycles. The molecule has 3 atom stereocenters. The summed E-state index contributed by atoms with van der Waals surface area (Å²) < 4.78 is 5.68. The van der Waals surface area contributed by atoms with Crippen LogP contribution < -0.4 is 5.32 Å². The van der Waals surface area contributed by atoms with Gasteiger partial charge in [-0.2, -0.15) is 0 Å². The maximum Gasteiger partial charge on any atom is 0.108 e. The molecule has 0 saturated heterocycles. The van der Waals surface area contributed by atoms with Crippen LogP contribution in [0.15, 0.2) is 16.7 Å². The zero-order valence-corrected chi connectivity index (χ0v) is 13.5. The predicted octanol–water partition coefficient (Wildman–Crippen LogP) is 5.10. The summed E-state index contributed by atoms with van der Waals surface area (Å²) in [7, 11) is 0. The Hall–Kier alpha value is -0.760. The second kappa shape index (κ2) is 7.87. The van der Waals surface area contributed by atoms with Crippen molar-refractivity contribution in [3.05, 3.63) is 23.7 Å². The zero-order valence-electron chi connectivity index (χ0n) is 13.5. The molecule has 0 aromatic carbocycles. The molecule has 2 heteroatoms. The van der Waals surface area contributed by atoms with Gasteiger partial charge in [0.1, 0.15) is 5.76 Å². The number of hydrogen-bond acceptors (Lipinski definition) is 2. The maximum absolute atomic E-state index is 5.68. The second-order valence-electron chi connectivity index (χ2n) is 6.29. The van der Waals surface area contributed by atoms with E-state index < -0.39 is 0 Å². The maximum atomic E-state index is 5.68. The van der Waals surface area contributed by atoms with E-state index in [0.29, 0.717) is 6.04 Å². The van der Waals surface area contributed by atoms with Crippen LogP contribution in [-0.4, -0.2) is 6.54 Å². The lowest BCUT2D eigenvalue weighted by molar-refractivity contribution is 0.208. The first-order chi connectivity index (χ1) is 9.80. The molecule has 1 aliphatic carbocycles. The first-order valence-electron chi connectivity index (χ1n) is 8.59. The molecule has 1 aliphatic rings. The Morgan fingerprint density at radius 3 is 2.85 bits per heavy atom. The monoisotopic (exact) mass is 277 g/mol. The summed E-state index contributed by atoms with van der Waals surface area (Å²) in [5.41, 5.74) is 1.42. The zero-order chi connectivity index (χ0) is 14.4. The molecule has 2 nitrogen and oxygen atoms in total. The molecule has 3 unspecified atom stereocenters. The SMILES string of the molecule is CCCNC(c1ccoc1CC)C1CCCC(CC)C1. The van der Waals surface area contributed by atoms with Gasteiger partial charge < -0.3 is 9.73 Å². The van der Waals surface area contributed by atoms with Gasteiger partial charge in [0.25, 0.3) is 0 Å². The van der Waals surface area contributed by atoms with Crippen molar-refractivity contribution in [2.24, 2.45) is 11.8 Å². The fraction of sp³-hybridized carbons (Fsp3) is 0.778. The number of hydrogen-bond donors (Lipinski definition) is 1. The molecule has 1 fully saturated rings. The van der Waals surface area contributed by atoms with Crippen molar-refractivity contribution in [2.45, 2.75) is 71.8 Å². The molecular formula is C18H31NO. The van der Waals surface area contributed by atoms with Crippen molar-refractivity contribution in [2.75, 3.05) is 6.54 Å². The summed E-state index contributed by atoms with van der Waals surface area (Å²) in [6.07, 6.45) is 11.0. The van der Waals surface area contributed by atoms with Gasteiger partial charge in [-0.3, -0.25) is 0 Å². The Morgan fingerprint density at radius 1 is 1.30 bits per heavy atom. The van der Waals surface area contributed by atoms with Crippen molar-refractivity contribution in [3.63, 3.8) is 0 Å². The lowest BCUT2D eigenvalue weighted by Gasteiger charge is -2.35.